The molecule has 3 aromatic rings. The molecule has 21 heavy (non-hydrogen) atoms. The molecule has 0 saturated heterocycles. The highest BCUT2D eigenvalue weighted by molar-refractivity contribution is 6.31. The van der Waals surface area contributed by atoms with Crippen molar-refractivity contribution in [2.75, 3.05) is 0 Å². The van der Waals surface area contributed by atoms with Crippen molar-refractivity contribution in [1.82, 2.24) is 9.78 Å². The molecule has 106 valence electrons. The minimum Gasteiger partial charge on any atom is -0.452 e. The highest BCUT2D eigenvalue weighted by Crippen LogP contribution is 2.29. The maximum atomic E-state index is 6.30. The van der Waals surface area contributed by atoms with Crippen LogP contribution in [0.1, 0.15) is 5.56 Å². The Labute approximate surface area is 132 Å². The predicted octanol–water partition coefficient (Wildman–Crippen LogP) is 5.03. The van der Waals surface area contributed by atoms with Gasteiger partial charge in [0.25, 0.3) is 0 Å². The second-order valence-corrected chi connectivity index (χ2v) is 5.29. The van der Waals surface area contributed by atoms with Crippen molar-refractivity contribution in [1.29, 1.82) is 0 Å². The summed E-state index contributed by atoms with van der Waals surface area (Å²) in [6, 6.07) is 17.0. The molecule has 5 heteroatoms. The highest BCUT2D eigenvalue weighted by atomic mass is 35.5. The van der Waals surface area contributed by atoms with Crippen LogP contribution in [0, 0.1) is 0 Å². The molecule has 1 aromatic heterocycles. The van der Waals surface area contributed by atoms with E-state index >= 15 is 0 Å². The van der Waals surface area contributed by atoms with Crippen LogP contribution in [-0.4, -0.2) is 9.78 Å². The van der Waals surface area contributed by atoms with E-state index in [-0.39, 0.29) is 0 Å². The molecule has 1 heterocycles. The van der Waals surface area contributed by atoms with Gasteiger partial charge in [-0.15, -0.1) is 0 Å². The van der Waals surface area contributed by atoms with Gasteiger partial charge in [-0.3, -0.25) is 0 Å². The molecule has 0 aliphatic rings. The third-order valence-corrected chi connectivity index (χ3v) is 3.59. The summed E-state index contributed by atoms with van der Waals surface area (Å²) in [4.78, 5) is 0. The van der Waals surface area contributed by atoms with Crippen molar-refractivity contribution in [3.05, 3.63) is 76.5 Å². The summed E-state index contributed by atoms with van der Waals surface area (Å²) < 4.78 is 7.39. The van der Waals surface area contributed by atoms with Gasteiger partial charge >= 0.3 is 0 Å². The van der Waals surface area contributed by atoms with Crippen molar-refractivity contribution in [3.63, 3.8) is 0 Å². The summed E-state index contributed by atoms with van der Waals surface area (Å²) in [5, 5.41) is 5.43. The maximum absolute atomic E-state index is 6.30. The number of para-hydroxylation sites is 1. The molecule has 0 radical (unpaired) electrons. The van der Waals surface area contributed by atoms with Crippen LogP contribution in [0.4, 0.5) is 0 Å². The minimum atomic E-state index is 0.466. The number of aromatic nitrogens is 2. The maximum Gasteiger partial charge on any atom is 0.184 e. The van der Waals surface area contributed by atoms with Gasteiger partial charge in [0, 0.05) is 5.02 Å². The summed E-state index contributed by atoms with van der Waals surface area (Å²) in [6.07, 6.45) is 1.62. The van der Waals surface area contributed by atoms with E-state index in [1.165, 1.54) is 0 Å². The molecule has 3 nitrogen and oxygen atoms in total. The topological polar surface area (TPSA) is 27.1 Å². The van der Waals surface area contributed by atoms with E-state index < -0.39 is 0 Å². The molecular formula is C16H12Cl2N2O. The summed E-state index contributed by atoms with van der Waals surface area (Å²) in [6.45, 7) is 0.564. The van der Waals surface area contributed by atoms with E-state index in [2.05, 4.69) is 5.10 Å². The first-order valence-electron chi connectivity index (χ1n) is 6.41. The molecule has 0 bridgehead atoms. The van der Waals surface area contributed by atoms with Crippen LogP contribution >= 0.6 is 23.2 Å². The van der Waals surface area contributed by atoms with Crippen LogP contribution in [0.2, 0.25) is 10.2 Å². The van der Waals surface area contributed by atoms with Crippen LogP contribution in [-0.2, 0) is 6.54 Å². The Hall–Kier alpha value is -1.97. The first-order valence-corrected chi connectivity index (χ1v) is 7.16. The minimum absolute atomic E-state index is 0.466. The van der Waals surface area contributed by atoms with Gasteiger partial charge in [-0.1, -0.05) is 53.5 Å². The molecule has 0 aliphatic heterocycles. The van der Waals surface area contributed by atoms with Gasteiger partial charge in [0.1, 0.15) is 5.75 Å². The smallest absolute Gasteiger partial charge is 0.184 e. The number of rotatable bonds is 4. The summed E-state index contributed by atoms with van der Waals surface area (Å²) in [5.41, 5.74) is 1.07. The molecule has 2 aromatic carbocycles. The molecule has 0 saturated carbocycles. The van der Waals surface area contributed by atoms with Gasteiger partial charge in [0.05, 0.1) is 12.7 Å². The summed E-state index contributed by atoms with van der Waals surface area (Å²) in [5.74, 6) is 1.27. The monoisotopic (exact) mass is 318 g/mol. The summed E-state index contributed by atoms with van der Waals surface area (Å²) >= 11 is 12.2. The lowest BCUT2D eigenvalue weighted by atomic mass is 10.2. The molecule has 0 fully saturated rings. The number of nitrogens with zero attached hydrogens (tertiary/aromatic N) is 2. The van der Waals surface area contributed by atoms with Crippen LogP contribution in [0.5, 0.6) is 11.5 Å². The third-order valence-electron chi connectivity index (χ3n) is 2.96. The molecule has 0 spiro atoms. The van der Waals surface area contributed by atoms with E-state index in [4.69, 9.17) is 27.9 Å². The molecule has 0 N–H and O–H groups in total. The van der Waals surface area contributed by atoms with E-state index in [0.29, 0.717) is 22.5 Å². The van der Waals surface area contributed by atoms with Crippen LogP contribution < -0.4 is 4.74 Å². The first kappa shape index (κ1) is 14.0. The Bertz CT molecular complexity index is 724. The second-order valence-electron chi connectivity index (χ2n) is 4.50. The largest absolute Gasteiger partial charge is 0.452 e. The van der Waals surface area contributed by atoms with Crippen molar-refractivity contribution in [2.24, 2.45) is 0 Å². The Kier molecular flexibility index (Phi) is 4.13. The van der Waals surface area contributed by atoms with Crippen molar-refractivity contribution in [2.45, 2.75) is 6.54 Å². The Morgan fingerprint density at radius 2 is 1.67 bits per heavy atom. The quantitative estimate of drug-likeness (QED) is 0.674. The first-order chi connectivity index (χ1) is 10.2. The van der Waals surface area contributed by atoms with E-state index in [1.54, 1.807) is 10.9 Å². The van der Waals surface area contributed by atoms with E-state index in [0.717, 1.165) is 11.3 Å². The van der Waals surface area contributed by atoms with Crippen molar-refractivity contribution in [3.8, 4) is 11.5 Å². The second kappa shape index (κ2) is 6.20. The lowest BCUT2D eigenvalue weighted by Crippen LogP contribution is -2.01. The lowest BCUT2D eigenvalue weighted by Gasteiger charge is -2.05. The Morgan fingerprint density at radius 1 is 0.952 bits per heavy atom. The lowest BCUT2D eigenvalue weighted by molar-refractivity contribution is 0.482. The van der Waals surface area contributed by atoms with Crippen LogP contribution in [0.25, 0.3) is 0 Å². The summed E-state index contributed by atoms with van der Waals surface area (Å²) in [7, 11) is 0. The highest BCUT2D eigenvalue weighted by Gasteiger charge is 2.11. The van der Waals surface area contributed by atoms with Crippen molar-refractivity contribution < 1.29 is 4.74 Å². The normalized spacial score (nSPS) is 10.6. The molecule has 3 rings (SSSR count). The van der Waals surface area contributed by atoms with Gasteiger partial charge in [0.2, 0.25) is 0 Å². The van der Waals surface area contributed by atoms with Crippen LogP contribution in [0.3, 0.4) is 0 Å². The fourth-order valence-corrected chi connectivity index (χ4v) is 2.23. The average molecular weight is 319 g/mol. The number of hydrogen-bond acceptors (Lipinski definition) is 2. The van der Waals surface area contributed by atoms with Gasteiger partial charge in [0.15, 0.2) is 10.9 Å². The zero-order chi connectivity index (χ0) is 14.7. The van der Waals surface area contributed by atoms with Crippen LogP contribution in [0.15, 0.2) is 60.8 Å². The molecule has 0 aliphatic carbocycles. The van der Waals surface area contributed by atoms with E-state index in [9.17, 15) is 0 Å². The predicted molar refractivity (Wildman–Crippen MR) is 84.3 cm³/mol. The van der Waals surface area contributed by atoms with Gasteiger partial charge in [-0.2, -0.15) is 5.10 Å². The Balaban J connectivity index is 1.77. The number of hydrogen-bond donors (Lipinski definition) is 0. The van der Waals surface area contributed by atoms with E-state index in [1.807, 2.05) is 54.6 Å². The van der Waals surface area contributed by atoms with Gasteiger partial charge < -0.3 is 4.74 Å². The van der Waals surface area contributed by atoms with Gasteiger partial charge in [-0.05, 0) is 29.8 Å². The molecule has 0 amide bonds. The average Bonchev–Trinajstić information content (AvgIpc) is 2.84. The molecule has 0 atom stereocenters. The zero-order valence-electron chi connectivity index (χ0n) is 11.0. The van der Waals surface area contributed by atoms with Crippen molar-refractivity contribution >= 4 is 23.2 Å². The fourth-order valence-electron chi connectivity index (χ4n) is 1.91. The Morgan fingerprint density at radius 3 is 2.38 bits per heavy atom. The number of ether oxygens (including phenoxy) is 1. The SMILES string of the molecule is Clc1ccc(Cn2ncc(Oc3ccccc3)c2Cl)cc1. The molecular weight excluding hydrogens is 307 g/mol. The zero-order valence-corrected chi connectivity index (χ0v) is 12.6. The molecule has 0 unspecified atom stereocenters. The third kappa shape index (κ3) is 3.38. The number of benzene rings is 2. The fraction of sp³-hybridized carbons (Fsp3) is 0.0625. The standard InChI is InChI=1S/C16H12Cl2N2O/c17-13-8-6-12(7-9-13)11-20-16(18)15(10-19-20)21-14-4-2-1-3-5-14/h1-10H,11H2. The number of halogens is 2. The van der Waals surface area contributed by atoms with Gasteiger partial charge in [-0.25, -0.2) is 4.68 Å².